The molecule has 0 N–H and O–H groups in total. The molecule has 0 nitrogen and oxygen atoms in total. The molecule has 0 spiro atoms. The zero-order chi connectivity index (χ0) is 9.84. The van der Waals surface area contributed by atoms with Crippen LogP contribution in [0.15, 0.2) is 0 Å². The van der Waals surface area contributed by atoms with Gasteiger partial charge >= 0.3 is 0 Å². The number of unbranched alkanes of at least 4 members (excludes halogenated alkanes) is 1. The van der Waals surface area contributed by atoms with E-state index in [9.17, 15) is 0 Å². The second-order valence-corrected chi connectivity index (χ2v) is 5.01. The zero-order valence-corrected chi connectivity index (χ0v) is 9.84. The molecule has 0 aromatic heterocycles. The highest BCUT2D eigenvalue weighted by molar-refractivity contribution is 4.96. The van der Waals surface area contributed by atoms with Gasteiger partial charge in [0.15, 0.2) is 0 Å². The van der Waals surface area contributed by atoms with Crippen LogP contribution in [0.25, 0.3) is 0 Å². The molecule has 0 saturated heterocycles. The molecule has 0 aromatic rings. The summed E-state index contributed by atoms with van der Waals surface area (Å²) in [6, 6.07) is 0. The van der Waals surface area contributed by atoms with Gasteiger partial charge in [-0.25, -0.2) is 0 Å². The molecule has 0 aliphatic heterocycles. The van der Waals surface area contributed by atoms with E-state index in [4.69, 9.17) is 0 Å². The van der Waals surface area contributed by atoms with Crippen molar-refractivity contribution in [2.75, 3.05) is 0 Å². The van der Waals surface area contributed by atoms with Crippen LogP contribution in [0, 0.1) is 23.7 Å². The molecule has 0 aromatic carbocycles. The average molecular weight is 182 g/mol. The summed E-state index contributed by atoms with van der Waals surface area (Å²) < 4.78 is 0. The molecule has 1 rings (SSSR count). The first-order valence-electron chi connectivity index (χ1n) is 6.22. The fraction of sp³-hybridized carbons (Fsp3) is 1.00. The van der Waals surface area contributed by atoms with Crippen molar-refractivity contribution in [2.24, 2.45) is 23.7 Å². The minimum absolute atomic E-state index is 0.988. The van der Waals surface area contributed by atoms with Crippen LogP contribution in [0.2, 0.25) is 0 Å². The predicted molar refractivity (Wildman–Crippen MR) is 59.7 cm³/mol. The lowest BCUT2D eigenvalue weighted by Crippen LogP contribution is -1.99. The summed E-state index contributed by atoms with van der Waals surface area (Å²) in [6.45, 7) is 9.52. The third-order valence-electron chi connectivity index (χ3n) is 3.93. The van der Waals surface area contributed by atoms with Gasteiger partial charge in [-0.05, 0) is 30.1 Å². The van der Waals surface area contributed by atoms with Crippen LogP contribution in [-0.2, 0) is 0 Å². The fourth-order valence-electron chi connectivity index (χ4n) is 3.06. The van der Waals surface area contributed by atoms with Gasteiger partial charge in [0, 0.05) is 0 Å². The standard InChI is InChI=1S/C13H26/c1-5-7-9-12-11(4)13(12)10(3)8-6-2/h10-13H,5-9H2,1-4H3. The lowest BCUT2D eigenvalue weighted by Gasteiger charge is -2.08. The topological polar surface area (TPSA) is 0 Å². The van der Waals surface area contributed by atoms with Crippen LogP contribution in [0.3, 0.4) is 0 Å². The van der Waals surface area contributed by atoms with E-state index in [0.717, 1.165) is 23.7 Å². The highest BCUT2D eigenvalue weighted by atomic mass is 14.5. The van der Waals surface area contributed by atoms with E-state index >= 15 is 0 Å². The Balaban J connectivity index is 2.22. The van der Waals surface area contributed by atoms with Gasteiger partial charge in [-0.15, -0.1) is 0 Å². The molecule has 1 aliphatic rings. The van der Waals surface area contributed by atoms with E-state index in [2.05, 4.69) is 27.7 Å². The molecule has 0 amide bonds. The van der Waals surface area contributed by atoms with Crippen LogP contribution >= 0.6 is 0 Å². The molecule has 0 radical (unpaired) electrons. The monoisotopic (exact) mass is 182 g/mol. The Bertz CT molecular complexity index is 139. The molecule has 4 atom stereocenters. The van der Waals surface area contributed by atoms with Crippen molar-refractivity contribution in [2.45, 2.75) is 59.8 Å². The maximum absolute atomic E-state index is 2.46. The summed E-state index contributed by atoms with van der Waals surface area (Å²) in [4.78, 5) is 0. The summed E-state index contributed by atoms with van der Waals surface area (Å²) in [7, 11) is 0. The van der Waals surface area contributed by atoms with E-state index in [1.54, 1.807) is 0 Å². The Morgan fingerprint density at radius 2 is 1.85 bits per heavy atom. The van der Waals surface area contributed by atoms with Crippen molar-refractivity contribution in [3.63, 3.8) is 0 Å². The van der Waals surface area contributed by atoms with Crippen molar-refractivity contribution in [1.29, 1.82) is 0 Å². The largest absolute Gasteiger partial charge is 0.0654 e. The van der Waals surface area contributed by atoms with Crippen LogP contribution in [0.1, 0.15) is 59.8 Å². The molecular formula is C13H26. The van der Waals surface area contributed by atoms with E-state index in [0.29, 0.717) is 0 Å². The fourth-order valence-corrected chi connectivity index (χ4v) is 3.06. The predicted octanol–water partition coefficient (Wildman–Crippen LogP) is 4.49. The van der Waals surface area contributed by atoms with Gasteiger partial charge in [0.05, 0.1) is 0 Å². The second kappa shape index (κ2) is 5.02. The molecule has 1 aliphatic carbocycles. The first-order chi connectivity index (χ1) is 6.22. The maximum Gasteiger partial charge on any atom is -0.0329 e. The van der Waals surface area contributed by atoms with Crippen LogP contribution in [-0.4, -0.2) is 0 Å². The van der Waals surface area contributed by atoms with Gasteiger partial charge in [-0.1, -0.05) is 53.4 Å². The Hall–Kier alpha value is 0. The van der Waals surface area contributed by atoms with Gasteiger partial charge in [0.2, 0.25) is 0 Å². The Labute approximate surface area is 84.1 Å². The van der Waals surface area contributed by atoms with E-state index in [-0.39, 0.29) is 0 Å². The van der Waals surface area contributed by atoms with Crippen molar-refractivity contribution >= 4 is 0 Å². The molecule has 0 heteroatoms. The summed E-state index contributed by atoms with van der Waals surface area (Å²) in [5, 5.41) is 0. The molecular weight excluding hydrogens is 156 g/mol. The molecule has 1 fully saturated rings. The average Bonchev–Trinajstić information content (AvgIpc) is 2.73. The van der Waals surface area contributed by atoms with Crippen LogP contribution < -0.4 is 0 Å². The van der Waals surface area contributed by atoms with Gasteiger partial charge in [-0.3, -0.25) is 0 Å². The van der Waals surface area contributed by atoms with Gasteiger partial charge < -0.3 is 0 Å². The quantitative estimate of drug-likeness (QED) is 0.567. The maximum atomic E-state index is 2.46. The Morgan fingerprint density at radius 1 is 1.15 bits per heavy atom. The third-order valence-corrected chi connectivity index (χ3v) is 3.93. The lowest BCUT2D eigenvalue weighted by atomic mass is 9.97. The minimum Gasteiger partial charge on any atom is -0.0654 e. The Morgan fingerprint density at radius 3 is 2.38 bits per heavy atom. The molecule has 1 saturated carbocycles. The molecule has 0 bridgehead atoms. The van der Waals surface area contributed by atoms with Crippen LogP contribution in [0.4, 0.5) is 0 Å². The number of hydrogen-bond acceptors (Lipinski definition) is 0. The molecule has 78 valence electrons. The zero-order valence-electron chi connectivity index (χ0n) is 9.84. The highest BCUT2D eigenvalue weighted by Gasteiger charge is 2.47. The first kappa shape index (κ1) is 11.1. The highest BCUT2D eigenvalue weighted by Crippen LogP contribution is 2.54. The lowest BCUT2D eigenvalue weighted by molar-refractivity contribution is 0.420. The second-order valence-electron chi connectivity index (χ2n) is 5.01. The van der Waals surface area contributed by atoms with E-state index in [1.165, 1.54) is 32.1 Å². The molecule has 13 heavy (non-hydrogen) atoms. The van der Waals surface area contributed by atoms with Crippen molar-refractivity contribution < 1.29 is 0 Å². The molecule has 4 unspecified atom stereocenters. The third kappa shape index (κ3) is 2.72. The SMILES string of the molecule is CCCCC1C(C)C1C(C)CCC. The van der Waals surface area contributed by atoms with Crippen molar-refractivity contribution in [3.8, 4) is 0 Å². The van der Waals surface area contributed by atoms with Crippen molar-refractivity contribution in [3.05, 3.63) is 0 Å². The first-order valence-corrected chi connectivity index (χ1v) is 6.22. The van der Waals surface area contributed by atoms with Gasteiger partial charge in [-0.2, -0.15) is 0 Å². The Kier molecular flexibility index (Phi) is 4.28. The van der Waals surface area contributed by atoms with Gasteiger partial charge in [0.25, 0.3) is 0 Å². The number of hydrogen-bond donors (Lipinski definition) is 0. The van der Waals surface area contributed by atoms with E-state index in [1.807, 2.05) is 0 Å². The van der Waals surface area contributed by atoms with Gasteiger partial charge in [0.1, 0.15) is 0 Å². The van der Waals surface area contributed by atoms with Crippen molar-refractivity contribution in [1.82, 2.24) is 0 Å². The normalized spacial score (nSPS) is 34.6. The van der Waals surface area contributed by atoms with E-state index < -0.39 is 0 Å². The number of rotatable bonds is 6. The molecule has 0 heterocycles. The minimum atomic E-state index is 0.988. The summed E-state index contributed by atoms with van der Waals surface area (Å²) in [5.41, 5.74) is 0. The summed E-state index contributed by atoms with van der Waals surface area (Å²) in [6.07, 6.45) is 7.13. The van der Waals surface area contributed by atoms with Crippen LogP contribution in [0.5, 0.6) is 0 Å². The summed E-state index contributed by atoms with van der Waals surface area (Å²) in [5.74, 6) is 4.18. The smallest absolute Gasteiger partial charge is 0.0329 e. The summed E-state index contributed by atoms with van der Waals surface area (Å²) >= 11 is 0.